The maximum absolute atomic E-state index is 13.0. The number of aromatic nitrogens is 2. The molecule has 1 amide bonds. The van der Waals surface area contributed by atoms with E-state index in [1.165, 1.54) is 16.5 Å². The summed E-state index contributed by atoms with van der Waals surface area (Å²) >= 11 is 5.68. The van der Waals surface area contributed by atoms with Gasteiger partial charge in [-0.3, -0.25) is 4.79 Å². The summed E-state index contributed by atoms with van der Waals surface area (Å²) in [6.07, 6.45) is 6.46. The molecule has 138 valence electrons. The van der Waals surface area contributed by atoms with Crippen molar-refractivity contribution < 1.29 is 4.79 Å². The topological polar surface area (TPSA) is 49.8 Å². The van der Waals surface area contributed by atoms with E-state index in [1.807, 2.05) is 24.4 Å². The third-order valence-corrected chi connectivity index (χ3v) is 6.65. The smallest absolute Gasteiger partial charge is 0.233 e. The van der Waals surface area contributed by atoms with Crippen molar-refractivity contribution in [1.82, 2.24) is 14.9 Å². The van der Waals surface area contributed by atoms with Crippen LogP contribution in [0.25, 0.3) is 21.8 Å². The van der Waals surface area contributed by atoms with Crippen molar-refractivity contribution >= 4 is 44.9 Å². The Hall–Kier alpha value is -2.92. The molecule has 0 bridgehead atoms. The number of thiocarbonyl (C=S) groups is 1. The molecule has 2 aromatic carbocycles. The van der Waals surface area contributed by atoms with Crippen molar-refractivity contribution in [2.45, 2.75) is 31.2 Å². The molecule has 28 heavy (non-hydrogen) atoms. The predicted molar refractivity (Wildman–Crippen MR) is 115 cm³/mol. The number of nitrogens with zero attached hydrogens (tertiary/aromatic N) is 1. The van der Waals surface area contributed by atoms with E-state index in [0.29, 0.717) is 4.99 Å². The number of carbonyl (C=O) groups is 1. The molecule has 0 spiro atoms. The summed E-state index contributed by atoms with van der Waals surface area (Å²) < 4.78 is 2.35. The number of hydrogen-bond acceptors (Lipinski definition) is 2. The first-order chi connectivity index (χ1) is 13.7. The molecule has 1 saturated heterocycles. The number of para-hydroxylation sites is 2. The van der Waals surface area contributed by atoms with Gasteiger partial charge < -0.3 is 14.9 Å². The summed E-state index contributed by atoms with van der Waals surface area (Å²) in [4.78, 5) is 16.9. The molecule has 5 heteroatoms. The van der Waals surface area contributed by atoms with Crippen LogP contribution in [0.3, 0.4) is 0 Å². The summed E-state index contributed by atoms with van der Waals surface area (Å²) in [5.41, 5.74) is 5.93. The van der Waals surface area contributed by atoms with Crippen molar-refractivity contribution in [2.24, 2.45) is 0 Å². The summed E-state index contributed by atoms with van der Waals surface area (Å²) in [5, 5.41) is 5.28. The van der Waals surface area contributed by atoms with E-state index >= 15 is 0 Å². The van der Waals surface area contributed by atoms with Crippen LogP contribution in [0.2, 0.25) is 0 Å². The molecule has 4 heterocycles. The molecular formula is C23H19N3OS. The molecule has 4 aromatic rings. The minimum absolute atomic E-state index is 0.00770. The molecule has 0 aliphatic carbocycles. The Balaban J connectivity index is 1.58. The number of carbonyl (C=O) groups excluding carboxylic acids is 1. The molecule has 2 aliphatic rings. The number of aromatic amines is 1. The Morgan fingerprint density at radius 2 is 1.86 bits per heavy atom. The molecule has 1 unspecified atom stereocenters. The van der Waals surface area contributed by atoms with Gasteiger partial charge in [0.1, 0.15) is 0 Å². The van der Waals surface area contributed by atoms with E-state index in [9.17, 15) is 4.79 Å². The molecule has 4 nitrogen and oxygen atoms in total. The van der Waals surface area contributed by atoms with Gasteiger partial charge in [-0.1, -0.05) is 48.6 Å². The van der Waals surface area contributed by atoms with E-state index in [2.05, 4.69) is 45.3 Å². The number of nitrogens with one attached hydrogen (secondary N) is 2. The number of amides is 1. The predicted octanol–water partition coefficient (Wildman–Crippen LogP) is 4.39. The zero-order chi connectivity index (χ0) is 18.8. The quantitative estimate of drug-likeness (QED) is 0.503. The zero-order valence-corrected chi connectivity index (χ0v) is 16.1. The summed E-state index contributed by atoms with van der Waals surface area (Å²) in [6.45, 7) is 1.02. The third-order valence-electron chi connectivity index (χ3n) is 6.29. The lowest BCUT2D eigenvalue weighted by atomic mass is 9.83. The van der Waals surface area contributed by atoms with Gasteiger partial charge in [-0.2, -0.15) is 0 Å². The number of rotatable bonds is 2. The Kier molecular flexibility index (Phi) is 3.32. The number of H-pyrrole nitrogens is 1. The van der Waals surface area contributed by atoms with E-state index in [0.717, 1.165) is 41.4 Å². The third kappa shape index (κ3) is 2.11. The first-order valence-electron chi connectivity index (χ1n) is 9.74. The fourth-order valence-electron chi connectivity index (χ4n) is 5.10. The maximum Gasteiger partial charge on any atom is 0.233 e. The highest BCUT2D eigenvalue weighted by atomic mass is 32.1. The van der Waals surface area contributed by atoms with Gasteiger partial charge in [0.25, 0.3) is 0 Å². The van der Waals surface area contributed by atoms with Gasteiger partial charge >= 0.3 is 0 Å². The minimum Gasteiger partial charge on any atom is -0.361 e. The number of fused-ring (bicyclic) bond motifs is 1. The van der Waals surface area contributed by atoms with E-state index in [4.69, 9.17) is 12.2 Å². The van der Waals surface area contributed by atoms with Gasteiger partial charge in [-0.15, -0.1) is 0 Å². The van der Waals surface area contributed by atoms with Crippen LogP contribution in [0.4, 0.5) is 0 Å². The first-order valence-corrected chi connectivity index (χ1v) is 10.1. The van der Waals surface area contributed by atoms with Gasteiger partial charge in [0, 0.05) is 35.2 Å². The summed E-state index contributed by atoms with van der Waals surface area (Å²) in [7, 11) is 0. The Morgan fingerprint density at radius 3 is 2.79 bits per heavy atom. The average Bonchev–Trinajstić information content (AvgIpc) is 3.37. The molecular weight excluding hydrogens is 366 g/mol. The van der Waals surface area contributed by atoms with Crippen LogP contribution < -0.4 is 5.32 Å². The SMILES string of the molecule is O=C1NC(=S)[C@@H](c2cn3c4c(cccc24)CCC3)C1c1c[nH]c2ccccc12. The monoisotopic (exact) mass is 385 g/mol. The highest BCUT2D eigenvalue weighted by molar-refractivity contribution is 7.80. The zero-order valence-electron chi connectivity index (χ0n) is 15.2. The lowest BCUT2D eigenvalue weighted by molar-refractivity contribution is -0.120. The second-order valence-electron chi connectivity index (χ2n) is 7.79. The maximum atomic E-state index is 13.0. The molecule has 0 saturated carbocycles. The van der Waals surface area contributed by atoms with Crippen molar-refractivity contribution in [2.75, 3.05) is 0 Å². The van der Waals surface area contributed by atoms with E-state index in [1.54, 1.807) is 0 Å². The molecule has 6 rings (SSSR count). The minimum atomic E-state index is -0.313. The van der Waals surface area contributed by atoms with Gasteiger partial charge in [0.2, 0.25) is 5.91 Å². The van der Waals surface area contributed by atoms with Crippen LogP contribution in [0, 0.1) is 0 Å². The Morgan fingerprint density at radius 1 is 1.00 bits per heavy atom. The standard InChI is InChI=1S/C23H19N3OS/c27-22-19(16-11-24-18-9-2-1-7-14(16)18)20(23(28)25-22)17-12-26-10-4-6-13-5-3-8-15(17)21(13)26/h1-3,5,7-9,11-12,19-20,24H,4,6,10H2,(H,25,27,28)/t19?,20-/m0/s1. The summed E-state index contributed by atoms with van der Waals surface area (Å²) in [5.74, 6) is -0.461. The van der Waals surface area contributed by atoms with E-state index < -0.39 is 0 Å². The van der Waals surface area contributed by atoms with Crippen LogP contribution in [0.15, 0.2) is 54.9 Å². The molecule has 2 aliphatic heterocycles. The number of benzene rings is 2. The van der Waals surface area contributed by atoms with E-state index in [-0.39, 0.29) is 17.7 Å². The largest absolute Gasteiger partial charge is 0.361 e. The first kappa shape index (κ1) is 16.1. The van der Waals surface area contributed by atoms with Crippen LogP contribution in [-0.2, 0) is 17.8 Å². The molecule has 2 N–H and O–H groups in total. The van der Waals surface area contributed by atoms with Crippen molar-refractivity contribution in [3.8, 4) is 0 Å². The average molecular weight is 385 g/mol. The van der Waals surface area contributed by atoms with Crippen LogP contribution in [0.1, 0.15) is 34.9 Å². The van der Waals surface area contributed by atoms with Crippen molar-refractivity contribution in [3.05, 3.63) is 71.5 Å². The van der Waals surface area contributed by atoms with Gasteiger partial charge in [0.15, 0.2) is 0 Å². The number of hydrogen-bond donors (Lipinski definition) is 2. The highest BCUT2D eigenvalue weighted by Crippen LogP contribution is 2.44. The number of aryl methyl sites for hydroxylation is 2. The Bertz CT molecular complexity index is 1280. The van der Waals surface area contributed by atoms with Crippen LogP contribution in [-0.4, -0.2) is 20.4 Å². The Labute approximate surface area is 167 Å². The summed E-state index contributed by atoms with van der Waals surface area (Å²) in [6, 6.07) is 14.7. The molecule has 0 radical (unpaired) electrons. The highest BCUT2D eigenvalue weighted by Gasteiger charge is 2.43. The lowest BCUT2D eigenvalue weighted by Gasteiger charge is -2.16. The van der Waals surface area contributed by atoms with Crippen molar-refractivity contribution in [1.29, 1.82) is 0 Å². The fraction of sp³-hybridized carbons (Fsp3) is 0.217. The van der Waals surface area contributed by atoms with Crippen LogP contribution >= 0.6 is 12.2 Å². The molecule has 2 aromatic heterocycles. The second-order valence-corrected chi connectivity index (χ2v) is 8.23. The fourth-order valence-corrected chi connectivity index (χ4v) is 5.47. The van der Waals surface area contributed by atoms with Gasteiger partial charge in [0.05, 0.1) is 22.3 Å². The van der Waals surface area contributed by atoms with Crippen molar-refractivity contribution in [3.63, 3.8) is 0 Å². The van der Waals surface area contributed by atoms with Crippen LogP contribution in [0.5, 0.6) is 0 Å². The molecule has 1 fully saturated rings. The van der Waals surface area contributed by atoms with Gasteiger partial charge in [-0.25, -0.2) is 0 Å². The normalized spacial score (nSPS) is 21.6. The molecule has 2 atom stereocenters. The lowest BCUT2D eigenvalue weighted by Crippen LogP contribution is -2.20. The van der Waals surface area contributed by atoms with Gasteiger partial charge in [-0.05, 0) is 35.6 Å². The second kappa shape index (κ2) is 5.79.